The van der Waals surface area contributed by atoms with Crippen LogP contribution in [0.25, 0.3) is 0 Å². The van der Waals surface area contributed by atoms with Crippen molar-refractivity contribution in [1.29, 1.82) is 0 Å². The number of rotatable bonds is 7. The van der Waals surface area contributed by atoms with Crippen molar-refractivity contribution in [3.05, 3.63) is 52.9 Å². The van der Waals surface area contributed by atoms with Crippen LogP contribution in [0.15, 0.2) is 28.8 Å². The lowest BCUT2D eigenvalue weighted by Crippen LogP contribution is -2.49. The number of amides is 1. The van der Waals surface area contributed by atoms with E-state index >= 15 is 0 Å². The van der Waals surface area contributed by atoms with E-state index in [4.69, 9.17) is 4.52 Å². The molecule has 1 fully saturated rings. The zero-order valence-electron chi connectivity index (χ0n) is 15.4. The van der Waals surface area contributed by atoms with Gasteiger partial charge in [0.05, 0.1) is 12.2 Å². The molecule has 0 radical (unpaired) electrons. The molecule has 0 saturated carbocycles. The fourth-order valence-electron chi connectivity index (χ4n) is 3.18. The Labute approximate surface area is 157 Å². The molecule has 2 aromatic rings. The highest BCUT2D eigenvalue weighted by molar-refractivity contribution is 5.78. The van der Waals surface area contributed by atoms with Crippen LogP contribution in [0.2, 0.25) is 0 Å². The first kappa shape index (κ1) is 19.4. The molecule has 1 aromatic heterocycles. The lowest BCUT2D eigenvalue weighted by Gasteiger charge is -2.33. The third-order valence-electron chi connectivity index (χ3n) is 4.65. The molecule has 1 aliphatic heterocycles. The van der Waals surface area contributed by atoms with Gasteiger partial charge in [0.1, 0.15) is 17.4 Å². The van der Waals surface area contributed by atoms with Crippen LogP contribution < -0.4 is 5.32 Å². The van der Waals surface area contributed by atoms with Crippen LogP contribution >= 0.6 is 0 Å². The van der Waals surface area contributed by atoms with E-state index in [9.17, 15) is 13.6 Å². The van der Waals surface area contributed by atoms with Gasteiger partial charge in [-0.05, 0) is 25.5 Å². The van der Waals surface area contributed by atoms with Gasteiger partial charge in [-0.25, -0.2) is 8.78 Å². The predicted octanol–water partition coefficient (Wildman–Crippen LogP) is 1.74. The van der Waals surface area contributed by atoms with Crippen LogP contribution in [-0.4, -0.2) is 60.1 Å². The second kappa shape index (κ2) is 9.05. The number of aromatic nitrogens is 1. The summed E-state index contributed by atoms with van der Waals surface area (Å²) in [7, 11) is 0. The summed E-state index contributed by atoms with van der Waals surface area (Å²) in [5, 5.41) is 6.74. The summed E-state index contributed by atoms with van der Waals surface area (Å²) in [6.45, 7) is 6.37. The maximum Gasteiger partial charge on any atom is 0.234 e. The molecular weight excluding hydrogens is 354 g/mol. The van der Waals surface area contributed by atoms with Crippen molar-refractivity contribution in [2.24, 2.45) is 0 Å². The average Bonchev–Trinajstić information content (AvgIpc) is 3.04. The molecule has 2 heterocycles. The van der Waals surface area contributed by atoms with Gasteiger partial charge in [0.15, 0.2) is 0 Å². The number of piperazine rings is 1. The Morgan fingerprint density at radius 3 is 2.48 bits per heavy atom. The normalized spacial score (nSPS) is 15.8. The highest BCUT2D eigenvalue weighted by Crippen LogP contribution is 2.12. The summed E-state index contributed by atoms with van der Waals surface area (Å²) in [6.07, 6.45) is 0.134. The number of nitrogens with zero attached hydrogens (tertiary/aromatic N) is 3. The second-order valence-electron chi connectivity index (χ2n) is 6.78. The monoisotopic (exact) mass is 378 g/mol. The number of carbonyl (C=O) groups is 1. The molecule has 0 unspecified atom stereocenters. The first-order valence-electron chi connectivity index (χ1n) is 9.08. The third kappa shape index (κ3) is 5.58. The van der Waals surface area contributed by atoms with Crippen molar-refractivity contribution in [3.8, 4) is 0 Å². The summed E-state index contributed by atoms with van der Waals surface area (Å²) in [5.74, 6) is -0.492. The van der Waals surface area contributed by atoms with E-state index in [1.807, 2.05) is 13.0 Å². The summed E-state index contributed by atoms with van der Waals surface area (Å²) >= 11 is 0. The van der Waals surface area contributed by atoms with Gasteiger partial charge in [-0.2, -0.15) is 0 Å². The van der Waals surface area contributed by atoms with E-state index in [-0.39, 0.29) is 31.0 Å². The maximum atomic E-state index is 13.6. The van der Waals surface area contributed by atoms with Crippen molar-refractivity contribution in [2.75, 3.05) is 39.3 Å². The minimum absolute atomic E-state index is 0.00880. The smallest absolute Gasteiger partial charge is 0.234 e. The summed E-state index contributed by atoms with van der Waals surface area (Å²) in [4.78, 5) is 16.4. The number of carbonyl (C=O) groups excluding carboxylic acids is 1. The standard InChI is InChI=1S/C19H24F2N4O2/c1-14-11-15(23-27-14)12-24-7-9-25(10-8-24)13-19(26)22-6-5-16-17(20)3-2-4-18(16)21/h2-4,11H,5-10,12-13H2,1H3,(H,22,26). The molecule has 146 valence electrons. The van der Waals surface area contributed by atoms with Crippen LogP contribution in [-0.2, 0) is 17.8 Å². The number of benzene rings is 1. The highest BCUT2D eigenvalue weighted by Gasteiger charge is 2.20. The van der Waals surface area contributed by atoms with Gasteiger partial charge >= 0.3 is 0 Å². The van der Waals surface area contributed by atoms with Crippen molar-refractivity contribution in [2.45, 2.75) is 19.9 Å². The van der Waals surface area contributed by atoms with Gasteiger partial charge in [0.2, 0.25) is 5.91 Å². The SMILES string of the molecule is Cc1cc(CN2CCN(CC(=O)NCCc3c(F)cccc3F)CC2)no1. The van der Waals surface area contributed by atoms with E-state index < -0.39 is 11.6 Å². The molecule has 27 heavy (non-hydrogen) atoms. The number of halogens is 2. The summed E-state index contributed by atoms with van der Waals surface area (Å²) in [6, 6.07) is 5.70. The molecule has 0 aliphatic carbocycles. The largest absolute Gasteiger partial charge is 0.361 e. The van der Waals surface area contributed by atoms with Crippen molar-refractivity contribution in [1.82, 2.24) is 20.3 Å². The fourth-order valence-corrected chi connectivity index (χ4v) is 3.18. The lowest BCUT2D eigenvalue weighted by atomic mass is 10.1. The number of hydrogen-bond donors (Lipinski definition) is 1. The summed E-state index contributed by atoms with van der Waals surface area (Å²) in [5.41, 5.74) is 0.925. The highest BCUT2D eigenvalue weighted by atomic mass is 19.1. The minimum Gasteiger partial charge on any atom is -0.361 e. The van der Waals surface area contributed by atoms with Gasteiger partial charge in [0, 0.05) is 50.9 Å². The quantitative estimate of drug-likeness (QED) is 0.795. The molecule has 0 bridgehead atoms. The maximum absolute atomic E-state index is 13.6. The first-order chi connectivity index (χ1) is 13.0. The predicted molar refractivity (Wildman–Crippen MR) is 96.0 cm³/mol. The Bertz CT molecular complexity index is 753. The van der Waals surface area contributed by atoms with Crippen molar-refractivity contribution >= 4 is 5.91 Å². The van der Waals surface area contributed by atoms with Crippen LogP contribution in [0.5, 0.6) is 0 Å². The molecule has 1 aromatic carbocycles. The van der Waals surface area contributed by atoms with E-state index in [0.29, 0.717) is 0 Å². The van der Waals surface area contributed by atoms with E-state index in [2.05, 4.69) is 20.3 Å². The topological polar surface area (TPSA) is 61.6 Å². The Morgan fingerprint density at radius 1 is 1.19 bits per heavy atom. The van der Waals surface area contributed by atoms with Crippen molar-refractivity contribution < 1.29 is 18.1 Å². The van der Waals surface area contributed by atoms with Gasteiger partial charge in [0.25, 0.3) is 0 Å². The molecule has 1 saturated heterocycles. The molecule has 1 amide bonds. The van der Waals surface area contributed by atoms with Gasteiger partial charge < -0.3 is 9.84 Å². The Morgan fingerprint density at radius 2 is 1.85 bits per heavy atom. The number of hydrogen-bond acceptors (Lipinski definition) is 5. The molecule has 0 atom stereocenters. The third-order valence-corrected chi connectivity index (χ3v) is 4.65. The zero-order chi connectivity index (χ0) is 19.2. The molecule has 1 N–H and O–H groups in total. The molecule has 6 nitrogen and oxygen atoms in total. The van der Waals surface area contributed by atoms with Gasteiger partial charge in [-0.3, -0.25) is 14.6 Å². The fraction of sp³-hybridized carbons (Fsp3) is 0.474. The Hall–Kier alpha value is -2.32. The second-order valence-corrected chi connectivity index (χ2v) is 6.78. The van der Waals surface area contributed by atoms with Crippen LogP contribution in [0, 0.1) is 18.6 Å². The molecule has 8 heteroatoms. The number of nitrogens with one attached hydrogen (secondary N) is 1. The summed E-state index contributed by atoms with van der Waals surface area (Å²) < 4.78 is 32.2. The van der Waals surface area contributed by atoms with Gasteiger partial charge in [-0.1, -0.05) is 11.2 Å². The molecule has 0 spiro atoms. The van der Waals surface area contributed by atoms with Crippen LogP contribution in [0.1, 0.15) is 17.0 Å². The minimum atomic E-state index is -0.581. The van der Waals surface area contributed by atoms with E-state index in [0.717, 1.165) is 44.2 Å². The van der Waals surface area contributed by atoms with E-state index in [1.54, 1.807) is 0 Å². The van der Waals surface area contributed by atoms with Crippen LogP contribution in [0.4, 0.5) is 8.78 Å². The first-order valence-corrected chi connectivity index (χ1v) is 9.08. The number of aryl methyl sites for hydroxylation is 1. The van der Waals surface area contributed by atoms with Gasteiger partial charge in [-0.15, -0.1) is 0 Å². The lowest BCUT2D eigenvalue weighted by molar-refractivity contribution is -0.122. The molecule has 1 aliphatic rings. The van der Waals surface area contributed by atoms with Crippen LogP contribution in [0.3, 0.4) is 0 Å². The Kier molecular flexibility index (Phi) is 6.52. The Balaban J connectivity index is 1.35. The van der Waals surface area contributed by atoms with Crippen molar-refractivity contribution in [3.63, 3.8) is 0 Å². The molecular formula is C19H24F2N4O2. The average molecular weight is 378 g/mol. The zero-order valence-corrected chi connectivity index (χ0v) is 15.4. The molecule has 3 rings (SSSR count). The van der Waals surface area contributed by atoms with E-state index in [1.165, 1.54) is 18.2 Å².